The molecule has 0 saturated carbocycles. The maximum Gasteiger partial charge on any atom is 0.362 e. The largest absolute Gasteiger partial charge is 0.496 e. The molecule has 2 aromatic carbocycles. The molecular formula is C20H17ClN4O5. The minimum atomic E-state index is -0.791. The van der Waals surface area contributed by atoms with E-state index in [4.69, 9.17) is 25.5 Å². The number of benzene rings is 2. The van der Waals surface area contributed by atoms with Crippen molar-refractivity contribution in [1.82, 2.24) is 19.2 Å². The highest BCUT2D eigenvalue weighted by atomic mass is 35.5. The average Bonchev–Trinajstić information content (AvgIpc) is 3.18. The van der Waals surface area contributed by atoms with Crippen molar-refractivity contribution in [2.24, 2.45) is 0 Å². The highest BCUT2D eigenvalue weighted by molar-refractivity contribution is 6.30. The Bertz CT molecular complexity index is 1350. The Labute approximate surface area is 175 Å². The molecule has 0 amide bonds. The van der Waals surface area contributed by atoms with E-state index in [1.807, 2.05) is 6.92 Å². The molecule has 0 saturated heterocycles. The first-order chi connectivity index (χ1) is 14.5. The van der Waals surface area contributed by atoms with Gasteiger partial charge in [0.2, 0.25) is 0 Å². The van der Waals surface area contributed by atoms with Crippen LogP contribution in [0.2, 0.25) is 5.02 Å². The van der Waals surface area contributed by atoms with Gasteiger partial charge in [-0.25, -0.2) is 14.2 Å². The van der Waals surface area contributed by atoms with Crippen LogP contribution in [-0.2, 0) is 6.42 Å². The SMILES string of the molecule is CCc1cc(-c2nn3c(=O)n(-c4ccc(Cl)cc4)c(=O)nc3o2)c(OC)cc1OC. The molecular weight excluding hydrogens is 412 g/mol. The van der Waals surface area contributed by atoms with Crippen molar-refractivity contribution in [2.45, 2.75) is 13.3 Å². The molecule has 4 aromatic rings. The lowest BCUT2D eigenvalue weighted by molar-refractivity contribution is 0.391. The molecule has 0 aliphatic heterocycles. The molecule has 0 bridgehead atoms. The van der Waals surface area contributed by atoms with E-state index in [-0.39, 0.29) is 11.7 Å². The van der Waals surface area contributed by atoms with E-state index in [2.05, 4.69) is 10.1 Å². The van der Waals surface area contributed by atoms with Gasteiger partial charge < -0.3 is 13.9 Å². The summed E-state index contributed by atoms with van der Waals surface area (Å²) in [5.41, 5.74) is 0.213. The Morgan fingerprint density at radius 1 is 1.07 bits per heavy atom. The highest BCUT2D eigenvalue weighted by Gasteiger charge is 2.20. The van der Waals surface area contributed by atoms with Crippen molar-refractivity contribution in [3.8, 4) is 28.6 Å². The molecule has 2 aromatic heterocycles. The molecule has 0 aliphatic carbocycles. The van der Waals surface area contributed by atoms with Crippen LogP contribution in [0, 0.1) is 0 Å². The lowest BCUT2D eigenvalue weighted by Gasteiger charge is -2.11. The number of halogens is 1. The topological polar surface area (TPSA) is 101 Å². The van der Waals surface area contributed by atoms with Gasteiger partial charge in [0.25, 0.3) is 5.89 Å². The summed E-state index contributed by atoms with van der Waals surface area (Å²) in [6, 6.07) is 9.74. The Morgan fingerprint density at radius 2 is 1.77 bits per heavy atom. The Kier molecular flexibility index (Phi) is 5.04. The predicted molar refractivity (Wildman–Crippen MR) is 110 cm³/mol. The molecule has 0 N–H and O–H groups in total. The Balaban J connectivity index is 1.94. The summed E-state index contributed by atoms with van der Waals surface area (Å²) in [4.78, 5) is 29.3. The molecule has 10 heteroatoms. The van der Waals surface area contributed by atoms with E-state index in [9.17, 15) is 9.59 Å². The van der Waals surface area contributed by atoms with Crippen molar-refractivity contribution in [3.63, 3.8) is 0 Å². The molecule has 154 valence electrons. The molecule has 9 nitrogen and oxygen atoms in total. The van der Waals surface area contributed by atoms with Crippen LogP contribution in [-0.4, -0.2) is 33.4 Å². The van der Waals surface area contributed by atoms with Gasteiger partial charge in [0.15, 0.2) is 0 Å². The van der Waals surface area contributed by atoms with Crippen LogP contribution in [0.3, 0.4) is 0 Å². The number of hydrogen-bond donors (Lipinski definition) is 0. The van der Waals surface area contributed by atoms with E-state index in [1.165, 1.54) is 7.11 Å². The summed E-state index contributed by atoms with van der Waals surface area (Å²) in [7, 11) is 3.07. The van der Waals surface area contributed by atoms with Crippen LogP contribution >= 0.6 is 11.6 Å². The second kappa shape index (κ2) is 7.68. The molecule has 0 radical (unpaired) electrons. The zero-order valence-corrected chi connectivity index (χ0v) is 17.1. The van der Waals surface area contributed by atoms with Crippen molar-refractivity contribution in [1.29, 1.82) is 0 Å². The lowest BCUT2D eigenvalue weighted by Crippen LogP contribution is -2.38. The fourth-order valence-electron chi connectivity index (χ4n) is 3.12. The molecule has 0 atom stereocenters. The second-order valence-electron chi connectivity index (χ2n) is 6.31. The maximum absolute atomic E-state index is 12.9. The van der Waals surface area contributed by atoms with Gasteiger partial charge in [-0.2, -0.15) is 0 Å². The van der Waals surface area contributed by atoms with Crippen LogP contribution in [0.1, 0.15) is 12.5 Å². The van der Waals surface area contributed by atoms with E-state index in [0.29, 0.717) is 34.2 Å². The molecule has 4 rings (SSSR count). The molecule has 0 fully saturated rings. The number of methoxy groups -OCH3 is 2. The summed E-state index contributed by atoms with van der Waals surface area (Å²) >= 11 is 5.89. The van der Waals surface area contributed by atoms with E-state index in [1.54, 1.807) is 43.5 Å². The van der Waals surface area contributed by atoms with Gasteiger partial charge in [0, 0.05) is 11.1 Å². The van der Waals surface area contributed by atoms with Crippen LogP contribution in [0.4, 0.5) is 0 Å². The van der Waals surface area contributed by atoms with Gasteiger partial charge in [-0.05, 0) is 42.3 Å². The first kappa shape index (κ1) is 19.7. The van der Waals surface area contributed by atoms with Crippen LogP contribution in [0.5, 0.6) is 11.5 Å². The number of nitrogens with zero attached hydrogens (tertiary/aromatic N) is 4. The molecule has 2 heterocycles. The number of aromatic nitrogens is 4. The quantitative estimate of drug-likeness (QED) is 0.481. The van der Waals surface area contributed by atoms with Crippen molar-refractivity contribution in [2.75, 3.05) is 14.2 Å². The molecule has 0 aliphatic rings. The van der Waals surface area contributed by atoms with Crippen LogP contribution < -0.4 is 20.9 Å². The number of hydrogen-bond acceptors (Lipinski definition) is 7. The first-order valence-corrected chi connectivity index (χ1v) is 9.38. The van der Waals surface area contributed by atoms with Crippen molar-refractivity contribution >= 4 is 17.4 Å². The van der Waals surface area contributed by atoms with Gasteiger partial charge >= 0.3 is 17.2 Å². The number of aryl methyl sites for hydroxylation is 1. The summed E-state index contributed by atoms with van der Waals surface area (Å²) in [5, 5.41) is 4.71. The lowest BCUT2D eigenvalue weighted by atomic mass is 10.1. The van der Waals surface area contributed by atoms with E-state index >= 15 is 0 Å². The maximum atomic E-state index is 12.9. The van der Waals surface area contributed by atoms with E-state index < -0.39 is 11.4 Å². The Hall–Kier alpha value is -3.59. The fourth-order valence-corrected chi connectivity index (χ4v) is 3.24. The predicted octanol–water partition coefficient (Wildman–Crippen LogP) is 2.73. The minimum absolute atomic E-state index is 0.0852. The number of rotatable bonds is 5. The average molecular weight is 429 g/mol. The molecule has 0 spiro atoms. The van der Waals surface area contributed by atoms with Gasteiger partial charge in [0.05, 0.1) is 25.5 Å². The third-order valence-electron chi connectivity index (χ3n) is 4.61. The summed E-state index contributed by atoms with van der Waals surface area (Å²) < 4.78 is 18.3. The molecule has 0 unspecified atom stereocenters. The van der Waals surface area contributed by atoms with Crippen LogP contribution in [0.15, 0.2) is 50.4 Å². The van der Waals surface area contributed by atoms with Gasteiger partial charge in [-0.3, -0.25) is 0 Å². The van der Waals surface area contributed by atoms with Crippen molar-refractivity contribution in [3.05, 3.63) is 68.0 Å². The Morgan fingerprint density at radius 3 is 2.40 bits per heavy atom. The summed E-state index contributed by atoms with van der Waals surface area (Å²) in [6.45, 7) is 1.98. The number of fused-ring (bicyclic) bond motifs is 1. The smallest absolute Gasteiger partial charge is 0.362 e. The fraction of sp³-hybridized carbons (Fsp3) is 0.200. The van der Waals surface area contributed by atoms with E-state index in [0.717, 1.165) is 14.6 Å². The zero-order valence-electron chi connectivity index (χ0n) is 16.4. The van der Waals surface area contributed by atoms with Crippen LogP contribution in [0.25, 0.3) is 23.0 Å². The van der Waals surface area contributed by atoms with Gasteiger partial charge in [0.1, 0.15) is 11.5 Å². The monoisotopic (exact) mass is 428 g/mol. The third kappa shape index (κ3) is 3.22. The van der Waals surface area contributed by atoms with Crippen molar-refractivity contribution < 1.29 is 13.9 Å². The first-order valence-electron chi connectivity index (χ1n) is 9.01. The standard InChI is InChI=1S/C20H17ClN4O5/c1-4-11-9-14(16(29-3)10-15(11)28-2)17-23-25-19(30-17)22-18(26)24(20(25)27)13-7-5-12(21)6-8-13/h5-10H,4H2,1-3H3. The zero-order chi connectivity index (χ0) is 21.4. The third-order valence-corrected chi connectivity index (χ3v) is 4.87. The summed E-state index contributed by atoms with van der Waals surface area (Å²) in [6.07, 6.45) is 0.694. The summed E-state index contributed by atoms with van der Waals surface area (Å²) in [5.74, 6) is 0.965. The minimum Gasteiger partial charge on any atom is -0.496 e. The number of ether oxygens (including phenoxy) is 2. The highest BCUT2D eigenvalue weighted by Crippen LogP contribution is 2.35. The second-order valence-corrected chi connectivity index (χ2v) is 6.74. The van der Waals surface area contributed by atoms with Gasteiger partial charge in [-0.1, -0.05) is 18.5 Å². The van der Waals surface area contributed by atoms with Gasteiger partial charge in [-0.15, -0.1) is 14.6 Å². The normalized spacial score (nSPS) is 11.1. The molecule has 30 heavy (non-hydrogen) atoms.